The first-order chi connectivity index (χ1) is 8.69. The number of aromatic nitrogens is 2. The lowest BCUT2D eigenvalue weighted by atomic mass is 10.3. The molecule has 2 aromatic heterocycles. The third-order valence-corrected chi connectivity index (χ3v) is 3.72. The summed E-state index contributed by atoms with van der Waals surface area (Å²) in [6.45, 7) is 0.466. The van der Waals surface area contributed by atoms with Crippen LogP contribution in [-0.2, 0) is 6.54 Å². The van der Waals surface area contributed by atoms with Gasteiger partial charge in [0.25, 0.3) is 5.91 Å². The molecule has 0 aromatic carbocycles. The highest BCUT2D eigenvalue weighted by atomic mass is 79.9. The number of carbonyl (C=O) groups excluding carboxylic acids is 1. The highest BCUT2D eigenvalue weighted by molar-refractivity contribution is 9.11. The van der Waals surface area contributed by atoms with Crippen LogP contribution in [0.5, 0.6) is 0 Å². The second kappa shape index (κ2) is 5.89. The second-order valence-corrected chi connectivity index (χ2v) is 5.88. The van der Waals surface area contributed by atoms with Crippen LogP contribution in [0.15, 0.2) is 28.1 Å². The number of hydrogen-bond acceptors (Lipinski definition) is 6. The van der Waals surface area contributed by atoms with Gasteiger partial charge < -0.3 is 10.7 Å². The normalized spacial score (nSPS) is 10.1. The van der Waals surface area contributed by atoms with Crippen molar-refractivity contribution in [2.45, 2.75) is 6.54 Å². The van der Waals surface area contributed by atoms with Crippen molar-refractivity contribution in [2.75, 3.05) is 5.43 Å². The summed E-state index contributed by atoms with van der Waals surface area (Å²) in [6.07, 6.45) is 0. The molecule has 94 valence electrons. The number of amides is 1. The first kappa shape index (κ1) is 12.9. The number of hydrazine groups is 1. The summed E-state index contributed by atoms with van der Waals surface area (Å²) >= 11 is 4.94. The van der Waals surface area contributed by atoms with Crippen LogP contribution < -0.4 is 16.6 Å². The molecule has 0 fully saturated rings. The Morgan fingerprint density at radius 2 is 2.17 bits per heavy atom. The quantitative estimate of drug-likeness (QED) is 0.584. The van der Waals surface area contributed by atoms with Crippen LogP contribution in [0.1, 0.15) is 15.4 Å². The molecule has 0 atom stereocenters. The molecule has 4 N–H and O–H groups in total. The van der Waals surface area contributed by atoms with Gasteiger partial charge in [0.2, 0.25) is 0 Å². The maximum Gasteiger partial charge on any atom is 0.272 e. The minimum Gasteiger partial charge on any atom is -0.346 e. The first-order valence-corrected chi connectivity index (χ1v) is 6.63. The molecule has 0 radical (unpaired) electrons. The van der Waals surface area contributed by atoms with Crippen LogP contribution in [0, 0.1) is 0 Å². The fraction of sp³-hybridized carbons (Fsp3) is 0.100. The number of rotatable bonds is 4. The SMILES string of the molecule is NNc1ccc(C(=O)NCc2ccc(Br)s2)nn1. The van der Waals surface area contributed by atoms with Gasteiger partial charge in [-0.3, -0.25) is 4.79 Å². The van der Waals surface area contributed by atoms with Gasteiger partial charge in [-0.1, -0.05) is 0 Å². The first-order valence-electron chi connectivity index (χ1n) is 5.02. The van der Waals surface area contributed by atoms with Gasteiger partial charge >= 0.3 is 0 Å². The number of carbonyl (C=O) groups is 1. The zero-order valence-corrected chi connectivity index (χ0v) is 11.6. The monoisotopic (exact) mass is 327 g/mol. The van der Waals surface area contributed by atoms with Crippen molar-refractivity contribution in [3.8, 4) is 0 Å². The molecule has 18 heavy (non-hydrogen) atoms. The van der Waals surface area contributed by atoms with Crippen LogP contribution in [0.25, 0.3) is 0 Å². The van der Waals surface area contributed by atoms with Crippen LogP contribution in [0.2, 0.25) is 0 Å². The summed E-state index contributed by atoms with van der Waals surface area (Å²) < 4.78 is 1.03. The van der Waals surface area contributed by atoms with E-state index < -0.39 is 0 Å². The van der Waals surface area contributed by atoms with Crippen molar-refractivity contribution in [2.24, 2.45) is 5.84 Å². The standard InChI is InChI=1S/C10H10BrN5OS/c11-8-3-1-6(18-8)5-13-10(17)7-2-4-9(14-12)16-15-7/h1-4H,5,12H2,(H,13,17)(H,14,16). The zero-order valence-electron chi connectivity index (χ0n) is 9.18. The molecule has 0 bridgehead atoms. The third-order valence-electron chi connectivity index (χ3n) is 2.10. The Hall–Kier alpha value is -1.51. The van der Waals surface area contributed by atoms with Gasteiger partial charge in [-0.05, 0) is 40.2 Å². The highest BCUT2D eigenvalue weighted by Gasteiger charge is 2.08. The van der Waals surface area contributed by atoms with Gasteiger partial charge in [-0.2, -0.15) is 0 Å². The maximum atomic E-state index is 11.8. The largest absolute Gasteiger partial charge is 0.346 e. The summed E-state index contributed by atoms with van der Waals surface area (Å²) in [6, 6.07) is 7.03. The summed E-state index contributed by atoms with van der Waals surface area (Å²) in [4.78, 5) is 12.8. The Kier molecular flexibility index (Phi) is 4.24. The molecule has 0 aliphatic carbocycles. The molecular weight excluding hydrogens is 318 g/mol. The van der Waals surface area contributed by atoms with Crippen molar-refractivity contribution in [3.63, 3.8) is 0 Å². The van der Waals surface area contributed by atoms with E-state index in [9.17, 15) is 4.79 Å². The Morgan fingerprint density at radius 3 is 2.72 bits per heavy atom. The summed E-state index contributed by atoms with van der Waals surface area (Å²) in [5.74, 6) is 5.30. The van der Waals surface area contributed by atoms with E-state index in [0.717, 1.165) is 8.66 Å². The summed E-state index contributed by atoms with van der Waals surface area (Å²) in [5, 5.41) is 10.2. The minimum atomic E-state index is -0.268. The number of thiophene rings is 1. The molecular formula is C10H10BrN5OS. The number of halogens is 1. The second-order valence-electron chi connectivity index (χ2n) is 3.34. The molecule has 0 saturated carbocycles. The van der Waals surface area contributed by atoms with Gasteiger partial charge in [0.15, 0.2) is 11.5 Å². The van der Waals surface area contributed by atoms with Gasteiger partial charge in [0.05, 0.1) is 10.3 Å². The fourth-order valence-electron chi connectivity index (χ4n) is 1.24. The van der Waals surface area contributed by atoms with Gasteiger partial charge in [0.1, 0.15) is 0 Å². The molecule has 2 aromatic rings. The van der Waals surface area contributed by atoms with E-state index in [4.69, 9.17) is 5.84 Å². The van der Waals surface area contributed by atoms with E-state index in [-0.39, 0.29) is 11.6 Å². The average molecular weight is 328 g/mol. The van der Waals surface area contributed by atoms with E-state index in [2.05, 4.69) is 36.9 Å². The third kappa shape index (κ3) is 3.25. The zero-order chi connectivity index (χ0) is 13.0. The average Bonchev–Trinajstić information content (AvgIpc) is 2.82. The number of nitrogens with two attached hydrogens (primary N) is 1. The number of nitrogens with zero attached hydrogens (tertiary/aromatic N) is 2. The van der Waals surface area contributed by atoms with Crippen LogP contribution >= 0.6 is 27.3 Å². The van der Waals surface area contributed by atoms with E-state index in [1.807, 2.05) is 12.1 Å². The van der Waals surface area contributed by atoms with Crippen molar-refractivity contribution in [1.82, 2.24) is 15.5 Å². The topological polar surface area (TPSA) is 92.9 Å². The van der Waals surface area contributed by atoms with Gasteiger partial charge in [0, 0.05) is 4.88 Å². The Labute approximate surface area is 116 Å². The molecule has 6 nitrogen and oxygen atoms in total. The molecule has 0 aliphatic rings. The Balaban J connectivity index is 1.94. The molecule has 0 unspecified atom stereocenters. The van der Waals surface area contributed by atoms with Gasteiger partial charge in [-0.15, -0.1) is 21.5 Å². The molecule has 0 saturated heterocycles. The van der Waals surface area contributed by atoms with E-state index in [0.29, 0.717) is 12.4 Å². The molecule has 2 rings (SSSR count). The Morgan fingerprint density at radius 1 is 1.33 bits per heavy atom. The predicted molar refractivity (Wildman–Crippen MR) is 73.0 cm³/mol. The van der Waals surface area contributed by atoms with Crippen LogP contribution in [0.4, 0.5) is 5.82 Å². The number of nitrogens with one attached hydrogen (secondary N) is 2. The molecule has 0 spiro atoms. The van der Waals surface area contributed by atoms with Gasteiger partial charge in [-0.25, -0.2) is 5.84 Å². The highest BCUT2D eigenvalue weighted by Crippen LogP contribution is 2.21. The van der Waals surface area contributed by atoms with Crippen molar-refractivity contribution >= 4 is 39.0 Å². The lowest BCUT2D eigenvalue weighted by molar-refractivity contribution is 0.0945. The van der Waals surface area contributed by atoms with E-state index in [1.54, 1.807) is 23.5 Å². The van der Waals surface area contributed by atoms with E-state index >= 15 is 0 Å². The van der Waals surface area contributed by atoms with Crippen LogP contribution in [-0.4, -0.2) is 16.1 Å². The summed E-state index contributed by atoms with van der Waals surface area (Å²) in [7, 11) is 0. The minimum absolute atomic E-state index is 0.254. The predicted octanol–water partition coefficient (Wildman–Crippen LogP) is 1.52. The number of anilines is 1. The molecule has 2 heterocycles. The smallest absolute Gasteiger partial charge is 0.272 e. The van der Waals surface area contributed by atoms with Crippen molar-refractivity contribution in [3.05, 3.63) is 38.6 Å². The lowest BCUT2D eigenvalue weighted by Crippen LogP contribution is -2.24. The molecule has 8 heteroatoms. The molecule has 0 aliphatic heterocycles. The van der Waals surface area contributed by atoms with Crippen molar-refractivity contribution < 1.29 is 4.79 Å². The Bertz CT molecular complexity index is 541. The maximum absolute atomic E-state index is 11.8. The number of nitrogen functional groups attached to an aromatic ring is 1. The van der Waals surface area contributed by atoms with Crippen molar-refractivity contribution in [1.29, 1.82) is 0 Å². The lowest BCUT2D eigenvalue weighted by Gasteiger charge is -2.03. The van der Waals surface area contributed by atoms with E-state index in [1.165, 1.54) is 0 Å². The summed E-state index contributed by atoms with van der Waals surface area (Å²) in [5.41, 5.74) is 2.60. The fourth-order valence-corrected chi connectivity index (χ4v) is 2.66. The molecule has 1 amide bonds. The number of hydrogen-bond donors (Lipinski definition) is 3. The van der Waals surface area contributed by atoms with Crippen LogP contribution in [0.3, 0.4) is 0 Å².